The normalized spacial score (nSPS) is 11.0. The summed E-state index contributed by atoms with van der Waals surface area (Å²) in [5, 5.41) is 26.6. The Balaban J connectivity index is 2.10. The number of nitrogens with two attached hydrogens (primary N) is 1. The Kier molecular flexibility index (Phi) is 7.18. The van der Waals surface area contributed by atoms with E-state index in [1.165, 1.54) is 0 Å². The Morgan fingerprint density at radius 1 is 0.960 bits per heavy atom. The largest absolute Gasteiger partial charge is 0.492 e. The molecule has 0 bridgehead atoms. The topological polar surface area (TPSA) is 104 Å². The van der Waals surface area contributed by atoms with Gasteiger partial charge in [-0.25, -0.2) is 0 Å². The smallest absolute Gasteiger partial charge is 0.144 e. The molecule has 2 aromatic rings. The lowest BCUT2D eigenvalue weighted by molar-refractivity contribution is 0.281. The van der Waals surface area contributed by atoms with E-state index in [1.807, 2.05) is 36.1 Å². The molecular formula is C18H24N4O3. The average molecular weight is 344 g/mol. The van der Waals surface area contributed by atoms with Gasteiger partial charge in [-0.3, -0.25) is 0 Å². The molecule has 7 heteroatoms. The molecule has 0 amide bonds. The van der Waals surface area contributed by atoms with E-state index in [9.17, 15) is 0 Å². The zero-order chi connectivity index (χ0) is 18.1. The van der Waals surface area contributed by atoms with Crippen LogP contribution in [0.15, 0.2) is 52.7 Å². The van der Waals surface area contributed by atoms with Crippen LogP contribution in [-0.4, -0.2) is 43.1 Å². The van der Waals surface area contributed by atoms with Gasteiger partial charge >= 0.3 is 0 Å². The van der Waals surface area contributed by atoms with E-state index in [2.05, 4.69) is 10.2 Å². The number of azo groups is 1. The van der Waals surface area contributed by atoms with Crippen LogP contribution in [-0.2, 0) is 0 Å². The Bertz CT molecular complexity index is 683. The molecule has 0 atom stereocenters. The van der Waals surface area contributed by atoms with Crippen LogP contribution >= 0.6 is 0 Å². The van der Waals surface area contributed by atoms with Crippen molar-refractivity contribution < 1.29 is 14.9 Å². The molecule has 4 N–H and O–H groups in total. The Morgan fingerprint density at radius 2 is 1.56 bits per heavy atom. The maximum atomic E-state index is 9.09. The zero-order valence-corrected chi connectivity index (χ0v) is 14.3. The van der Waals surface area contributed by atoms with Gasteiger partial charge in [0.1, 0.15) is 5.75 Å². The molecule has 25 heavy (non-hydrogen) atoms. The SMILES string of the molecule is CCOc1cc(N=Nc2ccc(N(CCO)CCO)cc2)ccc1N. The molecule has 134 valence electrons. The minimum atomic E-state index is 0.0285. The Labute approximate surface area is 147 Å². The van der Waals surface area contributed by atoms with Crippen molar-refractivity contribution >= 4 is 22.7 Å². The van der Waals surface area contributed by atoms with Gasteiger partial charge in [0.05, 0.1) is 36.9 Å². The monoisotopic (exact) mass is 344 g/mol. The highest BCUT2D eigenvalue weighted by atomic mass is 16.5. The predicted octanol–water partition coefficient (Wildman–Crippen LogP) is 2.87. The summed E-state index contributed by atoms with van der Waals surface area (Å²) >= 11 is 0. The second-order valence-electron chi connectivity index (χ2n) is 5.31. The van der Waals surface area contributed by atoms with E-state index in [4.69, 9.17) is 20.7 Å². The Morgan fingerprint density at radius 3 is 2.16 bits per heavy atom. The van der Waals surface area contributed by atoms with E-state index >= 15 is 0 Å². The van der Waals surface area contributed by atoms with Crippen LogP contribution in [0.25, 0.3) is 0 Å². The molecule has 2 aromatic carbocycles. The summed E-state index contributed by atoms with van der Waals surface area (Å²) in [6.45, 7) is 3.41. The number of aliphatic hydroxyl groups excluding tert-OH is 2. The number of hydrogen-bond acceptors (Lipinski definition) is 7. The van der Waals surface area contributed by atoms with Crippen molar-refractivity contribution in [1.29, 1.82) is 0 Å². The molecule has 2 rings (SSSR count). The predicted molar refractivity (Wildman–Crippen MR) is 99.0 cm³/mol. The zero-order valence-electron chi connectivity index (χ0n) is 14.3. The molecule has 7 nitrogen and oxygen atoms in total. The van der Waals surface area contributed by atoms with Crippen molar-refractivity contribution in [1.82, 2.24) is 0 Å². The van der Waals surface area contributed by atoms with Crippen molar-refractivity contribution in [2.75, 3.05) is 43.5 Å². The molecule has 0 aliphatic heterocycles. The maximum absolute atomic E-state index is 9.09. The van der Waals surface area contributed by atoms with Crippen molar-refractivity contribution in [3.63, 3.8) is 0 Å². The molecule has 0 aromatic heterocycles. The first-order chi connectivity index (χ1) is 12.2. The first-order valence-corrected chi connectivity index (χ1v) is 8.18. The molecule has 0 fully saturated rings. The minimum Gasteiger partial charge on any atom is -0.492 e. The highest BCUT2D eigenvalue weighted by Crippen LogP contribution is 2.28. The van der Waals surface area contributed by atoms with Gasteiger partial charge in [-0.15, -0.1) is 0 Å². The lowest BCUT2D eigenvalue weighted by atomic mass is 10.2. The van der Waals surface area contributed by atoms with Crippen LogP contribution in [0.3, 0.4) is 0 Å². The molecule has 0 unspecified atom stereocenters. The summed E-state index contributed by atoms with van der Waals surface area (Å²) in [4.78, 5) is 1.90. The summed E-state index contributed by atoms with van der Waals surface area (Å²) in [7, 11) is 0. The first kappa shape index (κ1) is 18.7. The molecular weight excluding hydrogens is 320 g/mol. The molecule has 0 heterocycles. The number of ether oxygens (including phenoxy) is 1. The fraction of sp³-hybridized carbons (Fsp3) is 0.333. The molecule has 0 aliphatic carbocycles. The van der Waals surface area contributed by atoms with E-state index < -0.39 is 0 Å². The fourth-order valence-corrected chi connectivity index (χ4v) is 2.32. The van der Waals surface area contributed by atoms with Crippen molar-refractivity contribution in [3.05, 3.63) is 42.5 Å². The molecule has 0 spiro atoms. The van der Waals surface area contributed by atoms with Gasteiger partial charge in [-0.05, 0) is 43.3 Å². The van der Waals surface area contributed by atoms with E-state index in [1.54, 1.807) is 18.2 Å². The number of nitrogen functional groups attached to an aromatic ring is 1. The van der Waals surface area contributed by atoms with Gasteiger partial charge in [-0.2, -0.15) is 10.2 Å². The summed E-state index contributed by atoms with van der Waals surface area (Å²) in [6, 6.07) is 12.7. The Hall–Kier alpha value is -2.64. The van der Waals surface area contributed by atoms with Gasteiger partial charge in [-0.1, -0.05) is 0 Å². The van der Waals surface area contributed by atoms with Crippen LogP contribution in [0.5, 0.6) is 5.75 Å². The minimum absolute atomic E-state index is 0.0285. The van der Waals surface area contributed by atoms with Crippen LogP contribution in [0, 0.1) is 0 Å². The number of rotatable bonds is 9. The molecule has 0 aliphatic rings. The van der Waals surface area contributed by atoms with Gasteiger partial charge in [0.15, 0.2) is 0 Å². The third-order valence-electron chi connectivity index (χ3n) is 3.53. The standard InChI is InChI=1S/C18H24N4O3/c1-2-25-18-13-15(5-8-17(18)19)21-20-14-3-6-16(7-4-14)22(9-11-23)10-12-24/h3-8,13,23-24H,2,9-12,19H2,1H3. The van der Waals surface area contributed by atoms with Crippen molar-refractivity contribution in [2.45, 2.75) is 6.92 Å². The third-order valence-corrected chi connectivity index (χ3v) is 3.53. The van der Waals surface area contributed by atoms with Gasteiger partial charge in [0.2, 0.25) is 0 Å². The van der Waals surface area contributed by atoms with E-state index in [0.717, 1.165) is 5.69 Å². The number of benzene rings is 2. The second-order valence-corrected chi connectivity index (χ2v) is 5.31. The van der Waals surface area contributed by atoms with Crippen LogP contribution < -0.4 is 15.4 Å². The number of aliphatic hydroxyl groups is 2. The average Bonchev–Trinajstić information content (AvgIpc) is 2.63. The lowest BCUT2D eigenvalue weighted by Crippen LogP contribution is -2.29. The van der Waals surface area contributed by atoms with E-state index in [0.29, 0.717) is 42.5 Å². The summed E-state index contributed by atoms with van der Waals surface area (Å²) in [6.07, 6.45) is 0. The van der Waals surface area contributed by atoms with E-state index in [-0.39, 0.29) is 13.2 Å². The maximum Gasteiger partial charge on any atom is 0.144 e. The number of anilines is 2. The third kappa shape index (κ3) is 5.44. The van der Waals surface area contributed by atoms with Crippen LogP contribution in [0.2, 0.25) is 0 Å². The second kappa shape index (κ2) is 9.61. The molecule has 0 saturated heterocycles. The quantitative estimate of drug-likeness (QED) is 0.479. The number of nitrogens with zero attached hydrogens (tertiary/aromatic N) is 3. The van der Waals surface area contributed by atoms with Crippen LogP contribution in [0.4, 0.5) is 22.7 Å². The summed E-state index contributed by atoms with van der Waals surface area (Å²) in [5.74, 6) is 0.595. The highest BCUT2D eigenvalue weighted by molar-refractivity contribution is 5.59. The van der Waals surface area contributed by atoms with Crippen molar-refractivity contribution in [2.24, 2.45) is 10.2 Å². The lowest BCUT2D eigenvalue weighted by Gasteiger charge is -2.22. The van der Waals surface area contributed by atoms with Crippen LogP contribution in [0.1, 0.15) is 6.92 Å². The van der Waals surface area contributed by atoms with Gasteiger partial charge in [0, 0.05) is 24.8 Å². The molecule has 0 saturated carbocycles. The first-order valence-electron chi connectivity index (χ1n) is 8.18. The van der Waals surface area contributed by atoms with Gasteiger partial charge < -0.3 is 25.6 Å². The fourth-order valence-electron chi connectivity index (χ4n) is 2.32. The molecule has 0 radical (unpaired) electrons. The van der Waals surface area contributed by atoms with Gasteiger partial charge in [0.25, 0.3) is 0 Å². The summed E-state index contributed by atoms with van der Waals surface area (Å²) in [5.41, 5.74) is 8.67. The highest BCUT2D eigenvalue weighted by Gasteiger charge is 2.05. The van der Waals surface area contributed by atoms with Crippen molar-refractivity contribution in [3.8, 4) is 5.75 Å². The number of hydrogen-bond donors (Lipinski definition) is 3. The summed E-state index contributed by atoms with van der Waals surface area (Å²) < 4.78 is 5.44.